The average Bonchev–Trinajstić information content (AvgIpc) is 3.07. The Morgan fingerprint density at radius 3 is 2.69 bits per heavy atom. The fourth-order valence-corrected chi connectivity index (χ4v) is 3.99. The van der Waals surface area contributed by atoms with Crippen molar-refractivity contribution in [1.82, 2.24) is 15.2 Å². The van der Waals surface area contributed by atoms with Crippen LogP contribution in [0.15, 0.2) is 29.6 Å². The number of amides is 2. The Labute approximate surface area is 162 Å². The van der Waals surface area contributed by atoms with Gasteiger partial charge in [-0.3, -0.25) is 9.59 Å². The summed E-state index contributed by atoms with van der Waals surface area (Å²) in [6, 6.07) is 7.08. The van der Waals surface area contributed by atoms with E-state index in [0.717, 1.165) is 17.1 Å². The van der Waals surface area contributed by atoms with Crippen LogP contribution in [0.3, 0.4) is 0 Å². The van der Waals surface area contributed by atoms with E-state index in [-0.39, 0.29) is 17.7 Å². The van der Waals surface area contributed by atoms with E-state index >= 15 is 0 Å². The summed E-state index contributed by atoms with van der Waals surface area (Å²) in [4.78, 5) is 31.1. The zero-order chi connectivity index (χ0) is 18.5. The van der Waals surface area contributed by atoms with E-state index in [1.165, 1.54) is 0 Å². The number of aromatic nitrogens is 1. The van der Waals surface area contributed by atoms with Gasteiger partial charge in [0.25, 0.3) is 5.91 Å². The Hall–Kier alpha value is -1.92. The van der Waals surface area contributed by atoms with Crippen molar-refractivity contribution in [3.63, 3.8) is 0 Å². The van der Waals surface area contributed by atoms with E-state index < -0.39 is 0 Å². The summed E-state index contributed by atoms with van der Waals surface area (Å²) in [6.07, 6.45) is 2.11. The molecule has 1 fully saturated rings. The quantitative estimate of drug-likeness (QED) is 0.850. The van der Waals surface area contributed by atoms with Crippen LogP contribution in [0, 0.1) is 12.8 Å². The molecule has 1 aliphatic heterocycles. The fraction of sp³-hybridized carbons (Fsp3) is 0.421. The van der Waals surface area contributed by atoms with Crippen LogP contribution in [0.2, 0.25) is 5.02 Å². The summed E-state index contributed by atoms with van der Waals surface area (Å²) < 4.78 is 0. The number of thiazole rings is 1. The highest BCUT2D eigenvalue weighted by molar-refractivity contribution is 7.09. The number of likely N-dealkylation sites (tertiary alicyclic amines) is 1. The van der Waals surface area contributed by atoms with Crippen LogP contribution in [0.5, 0.6) is 0 Å². The minimum Gasteiger partial charge on any atom is -0.355 e. The van der Waals surface area contributed by atoms with E-state index in [1.54, 1.807) is 28.4 Å². The molecule has 1 aromatic carbocycles. The molecular weight excluding hydrogens is 370 g/mol. The second-order valence-electron chi connectivity index (χ2n) is 6.45. The maximum atomic E-state index is 12.6. The van der Waals surface area contributed by atoms with Gasteiger partial charge in [0.15, 0.2) is 0 Å². The van der Waals surface area contributed by atoms with Gasteiger partial charge in [-0.2, -0.15) is 0 Å². The van der Waals surface area contributed by atoms with Crippen LogP contribution >= 0.6 is 22.9 Å². The first kappa shape index (κ1) is 18.9. The highest BCUT2D eigenvalue weighted by atomic mass is 35.5. The molecule has 0 unspecified atom stereocenters. The second kappa shape index (κ2) is 8.64. The third kappa shape index (κ3) is 4.62. The lowest BCUT2D eigenvalue weighted by molar-refractivity contribution is -0.126. The topological polar surface area (TPSA) is 62.3 Å². The zero-order valence-electron chi connectivity index (χ0n) is 14.7. The molecule has 2 aromatic rings. The summed E-state index contributed by atoms with van der Waals surface area (Å²) in [6.45, 7) is 3.73. The van der Waals surface area contributed by atoms with Gasteiger partial charge in [0.1, 0.15) is 0 Å². The minimum atomic E-state index is -0.0617. The van der Waals surface area contributed by atoms with Gasteiger partial charge in [-0.1, -0.05) is 23.7 Å². The van der Waals surface area contributed by atoms with Crippen molar-refractivity contribution in [2.45, 2.75) is 26.2 Å². The van der Waals surface area contributed by atoms with Gasteiger partial charge in [-0.25, -0.2) is 4.98 Å². The normalized spacial score (nSPS) is 15.1. The van der Waals surface area contributed by atoms with Crippen molar-refractivity contribution in [1.29, 1.82) is 0 Å². The van der Waals surface area contributed by atoms with Gasteiger partial charge in [-0.05, 0) is 31.9 Å². The Morgan fingerprint density at radius 1 is 1.31 bits per heavy atom. The lowest BCUT2D eigenvalue weighted by Crippen LogP contribution is -2.43. The first-order valence-corrected chi connectivity index (χ1v) is 10.0. The number of carbonyl (C=O) groups is 2. The number of nitrogens with zero attached hydrogens (tertiary/aromatic N) is 2. The molecule has 1 aromatic heterocycles. The Balaban J connectivity index is 1.45. The molecule has 1 saturated heterocycles. The van der Waals surface area contributed by atoms with E-state index in [4.69, 9.17) is 11.6 Å². The predicted molar refractivity (Wildman–Crippen MR) is 104 cm³/mol. The SMILES string of the molecule is Cc1nc(CCNC(=O)C2CCN(C(=O)c3ccccc3Cl)CC2)cs1. The number of rotatable bonds is 5. The van der Waals surface area contributed by atoms with Crippen LogP contribution in [-0.4, -0.2) is 41.3 Å². The maximum absolute atomic E-state index is 12.6. The van der Waals surface area contributed by atoms with Crippen molar-refractivity contribution in [2.75, 3.05) is 19.6 Å². The molecule has 3 rings (SSSR count). The molecule has 5 nitrogen and oxygen atoms in total. The van der Waals surface area contributed by atoms with E-state index in [9.17, 15) is 9.59 Å². The van der Waals surface area contributed by atoms with Crippen molar-refractivity contribution in [3.8, 4) is 0 Å². The molecule has 1 N–H and O–H groups in total. The maximum Gasteiger partial charge on any atom is 0.255 e. The summed E-state index contributed by atoms with van der Waals surface area (Å²) in [7, 11) is 0. The van der Waals surface area contributed by atoms with Gasteiger partial charge >= 0.3 is 0 Å². The van der Waals surface area contributed by atoms with Crippen LogP contribution < -0.4 is 5.32 Å². The van der Waals surface area contributed by atoms with Gasteiger partial charge < -0.3 is 10.2 Å². The van der Waals surface area contributed by atoms with Crippen LogP contribution in [0.4, 0.5) is 0 Å². The molecule has 26 heavy (non-hydrogen) atoms. The smallest absolute Gasteiger partial charge is 0.255 e. The molecule has 0 atom stereocenters. The average molecular weight is 392 g/mol. The van der Waals surface area contributed by atoms with Crippen molar-refractivity contribution in [2.24, 2.45) is 5.92 Å². The molecule has 7 heteroatoms. The second-order valence-corrected chi connectivity index (χ2v) is 7.91. The van der Waals surface area contributed by atoms with Gasteiger partial charge in [0.05, 0.1) is 21.3 Å². The van der Waals surface area contributed by atoms with Crippen LogP contribution in [0.25, 0.3) is 0 Å². The van der Waals surface area contributed by atoms with Crippen molar-refractivity contribution >= 4 is 34.8 Å². The Morgan fingerprint density at radius 2 is 2.04 bits per heavy atom. The summed E-state index contributed by atoms with van der Waals surface area (Å²) in [5.74, 6) is -0.0300. The molecule has 0 spiro atoms. The number of halogens is 1. The fourth-order valence-electron chi connectivity index (χ4n) is 3.13. The zero-order valence-corrected chi connectivity index (χ0v) is 16.3. The van der Waals surface area contributed by atoms with Crippen molar-refractivity contribution < 1.29 is 9.59 Å². The summed E-state index contributed by atoms with van der Waals surface area (Å²) in [5.41, 5.74) is 1.54. The molecule has 138 valence electrons. The molecule has 2 heterocycles. The molecule has 0 radical (unpaired) electrons. The van der Waals surface area contributed by atoms with Crippen LogP contribution in [0.1, 0.15) is 33.9 Å². The molecule has 1 aliphatic rings. The summed E-state index contributed by atoms with van der Waals surface area (Å²) >= 11 is 7.73. The first-order valence-electron chi connectivity index (χ1n) is 8.77. The Kier molecular flexibility index (Phi) is 6.27. The highest BCUT2D eigenvalue weighted by Gasteiger charge is 2.28. The number of piperidine rings is 1. The monoisotopic (exact) mass is 391 g/mol. The number of aryl methyl sites for hydroxylation is 1. The molecule has 0 aliphatic carbocycles. The van der Waals surface area contributed by atoms with E-state index in [0.29, 0.717) is 43.1 Å². The van der Waals surface area contributed by atoms with Gasteiger partial charge in [0, 0.05) is 37.4 Å². The summed E-state index contributed by atoms with van der Waals surface area (Å²) in [5, 5.41) is 6.53. The number of benzene rings is 1. The van der Waals surface area contributed by atoms with Crippen LogP contribution in [-0.2, 0) is 11.2 Å². The molecular formula is C19H22ClN3O2S. The van der Waals surface area contributed by atoms with E-state index in [2.05, 4.69) is 10.3 Å². The van der Waals surface area contributed by atoms with E-state index in [1.807, 2.05) is 24.4 Å². The molecule has 0 saturated carbocycles. The minimum absolute atomic E-state index is 0.0394. The number of nitrogens with one attached hydrogen (secondary N) is 1. The predicted octanol–water partition coefficient (Wildman–Crippen LogP) is 3.32. The Bertz CT molecular complexity index is 785. The third-order valence-electron chi connectivity index (χ3n) is 4.60. The highest BCUT2D eigenvalue weighted by Crippen LogP contribution is 2.22. The largest absolute Gasteiger partial charge is 0.355 e. The molecule has 2 amide bonds. The van der Waals surface area contributed by atoms with Crippen molar-refractivity contribution in [3.05, 3.63) is 50.9 Å². The standard InChI is InChI=1S/C19H22ClN3O2S/c1-13-22-15(12-26-13)6-9-21-18(24)14-7-10-23(11-8-14)19(25)16-4-2-3-5-17(16)20/h2-5,12,14H,6-11H2,1H3,(H,21,24). The lowest BCUT2D eigenvalue weighted by Gasteiger charge is -2.31. The van der Waals surface area contributed by atoms with Gasteiger partial charge in [-0.15, -0.1) is 11.3 Å². The first-order chi connectivity index (χ1) is 12.5. The number of hydrogen-bond donors (Lipinski definition) is 1. The lowest BCUT2D eigenvalue weighted by atomic mass is 9.95. The van der Waals surface area contributed by atoms with Gasteiger partial charge in [0.2, 0.25) is 5.91 Å². The number of carbonyl (C=O) groups excluding carboxylic acids is 2. The third-order valence-corrected chi connectivity index (χ3v) is 5.76. The molecule has 0 bridgehead atoms. The number of hydrogen-bond acceptors (Lipinski definition) is 4.